The molecule has 5 aromatic rings. The molecule has 1 aliphatic heterocycles. The van der Waals surface area contributed by atoms with Crippen LogP contribution in [0.25, 0.3) is 22.0 Å². The number of thiazole rings is 1. The zero-order valence-electron chi connectivity index (χ0n) is 18.0. The number of likely N-dealkylation sites (tertiary alicyclic amines) is 1. The van der Waals surface area contributed by atoms with Crippen LogP contribution in [-0.2, 0) is 0 Å². The van der Waals surface area contributed by atoms with Crippen LogP contribution in [0.15, 0.2) is 58.3 Å². The minimum atomic E-state index is -0.261. The number of rotatable bonds is 4. The van der Waals surface area contributed by atoms with E-state index in [1.165, 1.54) is 11.3 Å². The number of aromatic nitrogens is 4. The fourth-order valence-corrected chi connectivity index (χ4v) is 5.24. The summed E-state index contributed by atoms with van der Waals surface area (Å²) in [7, 11) is 0. The van der Waals surface area contributed by atoms with Crippen molar-refractivity contribution in [1.82, 2.24) is 25.3 Å². The van der Waals surface area contributed by atoms with Gasteiger partial charge in [-0.05, 0) is 43.2 Å². The molecule has 10 heteroatoms. The van der Waals surface area contributed by atoms with Crippen LogP contribution in [0.3, 0.4) is 0 Å². The molecule has 4 heterocycles. The third kappa shape index (κ3) is 3.81. The lowest BCUT2D eigenvalue weighted by molar-refractivity contribution is 0.0683. The Hall–Kier alpha value is -4.05. The quantitative estimate of drug-likeness (QED) is 0.400. The molecule has 1 saturated heterocycles. The standard InChI is InChI=1S/C24H20N6O3S/c31-22(25-16-5-6-17-18(12-16)28-29-27-17)19-13-34-23(26-19)14-7-9-30(10-8-14)24(32)21-11-15-3-1-2-4-20(15)33-21/h1-6,11-14H,7-10H2,(H,25,31)(H,27,28,29). The average molecular weight is 473 g/mol. The van der Waals surface area contributed by atoms with Gasteiger partial charge in [-0.25, -0.2) is 4.98 Å². The number of nitrogens with one attached hydrogen (secondary N) is 2. The second-order valence-electron chi connectivity index (χ2n) is 8.27. The van der Waals surface area contributed by atoms with E-state index in [0.29, 0.717) is 35.7 Å². The number of benzene rings is 2. The number of piperidine rings is 1. The van der Waals surface area contributed by atoms with Gasteiger partial charge in [0.05, 0.1) is 5.01 Å². The second kappa shape index (κ2) is 8.38. The number of hydrogen-bond acceptors (Lipinski definition) is 7. The molecule has 3 aromatic heterocycles. The lowest BCUT2D eigenvalue weighted by Gasteiger charge is -2.30. The number of para-hydroxylation sites is 1. The first-order chi connectivity index (χ1) is 16.6. The highest BCUT2D eigenvalue weighted by Crippen LogP contribution is 2.31. The van der Waals surface area contributed by atoms with Crippen molar-refractivity contribution >= 4 is 50.8 Å². The molecule has 0 atom stereocenters. The van der Waals surface area contributed by atoms with Crippen LogP contribution in [0.4, 0.5) is 5.69 Å². The number of anilines is 1. The molecule has 0 radical (unpaired) electrons. The smallest absolute Gasteiger partial charge is 0.289 e. The minimum absolute atomic E-state index is 0.0852. The van der Waals surface area contributed by atoms with Crippen molar-refractivity contribution in [1.29, 1.82) is 0 Å². The summed E-state index contributed by atoms with van der Waals surface area (Å²) >= 11 is 1.49. The van der Waals surface area contributed by atoms with Crippen molar-refractivity contribution in [2.75, 3.05) is 18.4 Å². The molecule has 6 rings (SSSR count). The van der Waals surface area contributed by atoms with Gasteiger partial charge in [0, 0.05) is 35.5 Å². The molecule has 9 nitrogen and oxygen atoms in total. The lowest BCUT2D eigenvalue weighted by atomic mass is 9.97. The minimum Gasteiger partial charge on any atom is -0.451 e. The molecule has 2 amide bonds. The molecule has 0 bridgehead atoms. The van der Waals surface area contributed by atoms with E-state index in [1.54, 1.807) is 29.6 Å². The Kier molecular flexibility index (Phi) is 5.06. The number of nitrogens with zero attached hydrogens (tertiary/aromatic N) is 4. The Morgan fingerprint density at radius 2 is 1.88 bits per heavy atom. The highest BCUT2D eigenvalue weighted by atomic mass is 32.1. The second-order valence-corrected chi connectivity index (χ2v) is 9.16. The molecule has 2 aromatic carbocycles. The van der Waals surface area contributed by atoms with E-state index < -0.39 is 0 Å². The predicted molar refractivity (Wildman–Crippen MR) is 128 cm³/mol. The van der Waals surface area contributed by atoms with Gasteiger partial charge < -0.3 is 14.6 Å². The monoisotopic (exact) mass is 472 g/mol. The summed E-state index contributed by atoms with van der Waals surface area (Å²) in [6.45, 7) is 1.25. The fraction of sp³-hybridized carbons (Fsp3) is 0.208. The summed E-state index contributed by atoms with van der Waals surface area (Å²) < 4.78 is 5.74. The van der Waals surface area contributed by atoms with Crippen LogP contribution in [0.2, 0.25) is 0 Å². The van der Waals surface area contributed by atoms with E-state index in [9.17, 15) is 9.59 Å². The molecular formula is C24H20N6O3S. The van der Waals surface area contributed by atoms with Gasteiger partial charge in [0.2, 0.25) is 0 Å². The molecule has 0 aliphatic carbocycles. The van der Waals surface area contributed by atoms with Crippen LogP contribution in [0, 0.1) is 0 Å². The summed E-state index contributed by atoms with van der Waals surface area (Å²) in [5.74, 6) is 0.246. The van der Waals surface area contributed by atoms with Crippen molar-refractivity contribution < 1.29 is 14.0 Å². The van der Waals surface area contributed by atoms with E-state index in [2.05, 4.69) is 25.7 Å². The maximum absolute atomic E-state index is 12.9. The molecule has 0 saturated carbocycles. The number of carbonyl (C=O) groups is 2. The third-order valence-electron chi connectivity index (χ3n) is 6.10. The number of fused-ring (bicyclic) bond motifs is 2. The highest BCUT2D eigenvalue weighted by Gasteiger charge is 2.28. The van der Waals surface area contributed by atoms with E-state index in [4.69, 9.17) is 4.42 Å². The largest absolute Gasteiger partial charge is 0.451 e. The molecule has 34 heavy (non-hydrogen) atoms. The normalized spacial score (nSPS) is 14.6. The maximum atomic E-state index is 12.9. The van der Waals surface area contributed by atoms with E-state index in [1.807, 2.05) is 29.2 Å². The van der Waals surface area contributed by atoms with Gasteiger partial charge in [-0.3, -0.25) is 9.59 Å². The van der Waals surface area contributed by atoms with Crippen LogP contribution in [0.1, 0.15) is 44.8 Å². The van der Waals surface area contributed by atoms with Gasteiger partial charge >= 0.3 is 0 Å². The fourth-order valence-electron chi connectivity index (χ4n) is 4.27. The summed E-state index contributed by atoms with van der Waals surface area (Å²) in [5.41, 5.74) is 3.16. The van der Waals surface area contributed by atoms with Gasteiger partial charge in [0.25, 0.3) is 11.8 Å². The summed E-state index contributed by atoms with van der Waals surface area (Å²) in [5, 5.41) is 17.1. The summed E-state index contributed by atoms with van der Waals surface area (Å²) in [4.78, 5) is 32.0. The average Bonchev–Trinajstić information content (AvgIpc) is 3.62. The van der Waals surface area contributed by atoms with E-state index >= 15 is 0 Å². The molecule has 1 aliphatic rings. The summed E-state index contributed by atoms with van der Waals surface area (Å²) in [6, 6.07) is 14.8. The van der Waals surface area contributed by atoms with Crippen LogP contribution in [0.5, 0.6) is 0 Å². The molecule has 170 valence electrons. The SMILES string of the molecule is O=C(Nc1ccc2n[nH]nc2c1)c1csc(C2CCN(C(=O)c3cc4ccccc4o3)CC2)n1. The van der Waals surface area contributed by atoms with Crippen LogP contribution < -0.4 is 5.32 Å². The van der Waals surface area contributed by atoms with Crippen molar-refractivity contribution in [3.05, 3.63) is 70.4 Å². The van der Waals surface area contributed by atoms with Gasteiger partial charge in [-0.2, -0.15) is 15.4 Å². The van der Waals surface area contributed by atoms with Crippen molar-refractivity contribution in [2.45, 2.75) is 18.8 Å². The molecule has 0 unspecified atom stereocenters. The van der Waals surface area contributed by atoms with E-state index in [0.717, 1.165) is 34.3 Å². The Bertz CT molecular complexity index is 1480. The van der Waals surface area contributed by atoms with Gasteiger partial charge in [0.1, 0.15) is 22.3 Å². The molecule has 1 fully saturated rings. The Morgan fingerprint density at radius 3 is 2.74 bits per heavy atom. The summed E-state index contributed by atoms with van der Waals surface area (Å²) in [6.07, 6.45) is 1.59. The van der Waals surface area contributed by atoms with Crippen molar-refractivity contribution in [3.8, 4) is 0 Å². The number of furan rings is 1. The van der Waals surface area contributed by atoms with Crippen molar-refractivity contribution in [3.63, 3.8) is 0 Å². The third-order valence-corrected chi connectivity index (χ3v) is 7.10. The Balaban J connectivity index is 1.08. The number of carbonyl (C=O) groups excluding carboxylic acids is 2. The number of aromatic amines is 1. The zero-order valence-corrected chi connectivity index (χ0v) is 18.8. The molecular weight excluding hydrogens is 452 g/mol. The Morgan fingerprint density at radius 1 is 1.06 bits per heavy atom. The maximum Gasteiger partial charge on any atom is 0.289 e. The predicted octanol–water partition coefficient (Wildman–Crippen LogP) is 4.43. The zero-order chi connectivity index (χ0) is 23.1. The molecule has 0 spiro atoms. The van der Waals surface area contributed by atoms with Crippen LogP contribution >= 0.6 is 11.3 Å². The van der Waals surface area contributed by atoms with Gasteiger partial charge in [0.15, 0.2) is 5.76 Å². The number of hydrogen-bond donors (Lipinski definition) is 2. The lowest BCUT2D eigenvalue weighted by Crippen LogP contribution is -2.37. The first-order valence-electron chi connectivity index (χ1n) is 11.0. The topological polar surface area (TPSA) is 117 Å². The number of amides is 2. The van der Waals surface area contributed by atoms with Crippen molar-refractivity contribution in [2.24, 2.45) is 0 Å². The Labute approximate surface area is 197 Å². The first-order valence-corrected chi connectivity index (χ1v) is 11.9. The molecule has 2 N–H and O–H groups in total. The highest BCUT2D eigenvalue weighted by molar-refractivity contribution is 7.10. The van der Waals surface area contributed by atoms with Gasteiger partial charge in [-0.15, -0.1) is 11.3 Å². The van der Waals surface area contributed by atoms with Gasteiger partial charge in [-0.1, -0.05) is 18.2 Å². The van der Waals surface area contributed by atoms with E-state index in [-0.39, 0.29) is 17.7 Å². The first kappa shape index (κ1) is 20.5. The van der Waals surface area contributed by atoms with Crippen LogP contribution in [-0.4, -0.2) is 50.2 Å². The number of H-pyrrole nitrogens is 1.